The van der Waals surface area contributed by atoms with Gasteiger partial charge in [0, 0.05) is 44.5 Å². The van der Waals surface area contributed by atoms with Crippen molar-refractivity contribution in [2.75, 3.05) is 32.7 Å². The van der Waals surface area contributed by atoms with Crippen LogP contribution in [-0.2, 0) is 16.1 Å². The lowest BCUT2D eigenvalue weighted by Crippen LogP contribution is -2.40. The maximum Gasteiger partial charge on any atom is 0.244 e. The number of likely N-dealkylation sites (N-methyl/N-ethyl adjacent to an activating group) is 1. The number of hydrogen-bond donors (Lipinski definition) is 1. The highest BCUT2D eigenvalue weighted by molar-refractivity contribution is 5.78. The van der Waals surface area contributed by atoms with Gasteiger partial charge in [0.1, 0.15) is 6.54 Å². The summed E-state index contributed by atoms with van der Waals surface area (Å²) in [6.07, 6.45) is 3.52. The molecule has 0 unspecified atom stereocenters. The van der Waals surface area contributed by atoms with Gasteiger partial charge in [-0.1, -0.05) is 24.3 Å². The number of rotatable bonds is 6. The molecule has 0 aliphatic carbocycles. The molecule has 154 valence electrons. The van der Waals surface area contributed by atoms with Crippen LogP contribution in [0.5, 0.6) is 0 Å². The highest BCUT2D eigenvalue weighted by Gasteiger charge is 2.49. The predicted molar refractivity (Wildman–Crippen MR) is 110 cm³/mol. The van der Waals surface area contributed by atoms with Crippen molar-refractivity contribution in [1.29, 1.82) is 0 Å². The molecule has 2 fully saturated rings. The van der Waals surface area contributed by atoms with E-state index in [2.05, 4.69) is 34.4 Å². The van der Waals surface area contributed by atoms with Crippen LogP contribution in [-0.4, -0.2) is 64.1 Å². The summed E-state index contributed by atoms with van der Waals surface area (Å²) in [5.74, 6) is 0.904. The van der Waals surface area contributed by atoms with Crippen LogP contribution in [0.2, 0.25) is 0 Å². The molecular weight excluding hydrogens is 366 g/mol. The Morgan fingerprint density at radius 2 is 1.97 bits per heavy atom. The van der Waals surface area contributed by atoms with Gasteiger partial charge >= 0.3 is 0 Å². The molecule has 3 atom stereocenters. The molecule has 0 radical (unpaired) electrons. The highest BCUT2D eigenvalue weighted by atomic mass is 16.2. The van der Waals surface area contributed by atoms with Crippen molar-refractivity contribution in [2.45, 2.75) is 26.4 Å². The van der Waals surface area contributed by atoms with Crippen molar-refractivity contribution in [3.8, 4) is 0 Å². The maximum absolute atomic E-state index is 13.2. The molecule has 1 N–H and O–H groups in total. The fourth-order valence-electron chi connectivity index (χ4n) is 4.92. The van der Waals surface area contributed by atoms with E-state index < -0.39 is 0 Å². The van der Waals surface area contributed by atoms with E-state index >= 15 is 0 Å². The monoisotopic (exact) mass is 395 g/mol. The lowest BCUT2D eigenvalue weighted by molar-refractivity contribution is -0.134. The Bertz CT molecular complexity index is 866. The maximum atomic E-state index is 13.2. The molecule has 4 rings (SSSR count). The fourth-order valence-corrected chi connectivity index (χ4v) is 4.92. The van der Waals surface area contributed by atoms with E-state index in [1.807, 2.05) is 36.2 Å². The number of nitrogens with zero attached hydrogens (tertiary/aromatic N) is 4. The van der Waals surface area contributed by atoms with Gasteiger partial charge in [0.2, 0.25) is 11.8 Å². The predicted octanol–water partition coefficient (Wildman–Crippen LogP) is 1.46. The first-order chi connectivity index (χ1) is 14.1. The molecule has 29 heavy (non-hydrogen) atoms. The van der Waals surface area contributed by atoms with E-state index in [0.29, 0.717) is 24.9 Å². The van der Waals surface area contributed by atoms with E-state index in [1.54, 1.807) is 10.9 Å². The molecule has 0 saturated carbocycles. The normalized spacial score (nSPS) is 23.9. The van der Waals surface area contributed by atoms with Gasteiger partial charge in [-0.25, -0.2) is 0 Å². The first-order valence-electron chi connectivity index (χ1n) is 10.4. The number of benzene rings is 1. The van der Waals surface area contributed by atoms with Crippen LogP contribution in [0.1, 0.15) is 24.1 Å². The summed E-state index contributed by atoms with van der Waals surface area (Å²) in [4.78, 5) is 29.5. The minimum absolute atomic E-state index is 0.0449. The Hall–Kier alpha value is -2.67. The SMILES string of the molecule is CCNC(=O)CN1C[C@H]2CN(C(=O)Cn3cccn3)[C@@H](c3ccccc3C)[C@H]2C1. The number of likely N-dealkylation sites (tertiary alicyclic amines) is 2. The Morgan fingerprint density at radius 3 is 2.69 bits per heavy atom. The minimum atomic E-state index is 0.0449. The van der Waals surface area contributed by atoms with Crippen molar-refractivity contribution >= 4 is 11.8 Å². The molecule has 0 bridgehead atoms. The first-order valence-corrected chi connectivity index (χ1v) is 10.4. The Labute approximate surface area is 171 Å². The molecule has 2 aliphatic heterocycles. The van der Waals surface area contributed by atoms with Crippen molar-refractivity contribution < 1.29 is 9.59 Å². The fraction of sp³-hybridized carbons (Fsp3) is 0.500. The van der Waals surface area contributed by atoms with Crippen molar-refractivity contribution in [3.63, 3.8) is 0 Å². The lowest BCUT2D eigenvalue weighted by atomic mass is 9.87. The van der Waals surface area contributed by atoms with Crippen molar-refractivity contribution in [1.82, 2.24) is 24.9 Å². The summed E-state index contributed by atoms with van der Waals surface area (Å²) in [5, 5.41) is 7.08. The van der Waals surface area contributed by atoms with E-state index in [1.165, 1.54) is 11.1 Å². The molecule has 2 aromatic rings. The van der Waals surface area contributed by atoms with Gasteiger partial charge in [0.15, 0.2) is 0 Å². The number of aromatic nitrogens is 2. The number of fused-ring (bicyclic) bond motifs is 1. The van der Waals surface area contributed by atoms with E-state index in [4.69, 9.17) is 0 Å². The quantitative estimate of drug-likeness (QED) is 0.804. The molecule has 2 aliphatic rings. The number of carbonyl (C=O) groups excluding carboxylic acids is 2. The molecular formula is C22H29N5O2. The van der Waals surface area contributed by atoms with E-state index in [0.717, 1.165) is 19.6 Å². The van der Waals surface area contributed by atoms with Gasteiger partial charge in [-0.3, -0.25) is 19.2 Å². The number of aryl methyl sites for hydroxylation is 1. The van der Waals surface area contributed by atoms with Crippen LogP contribution in [0.25, 0.3) is 0 Å². The third-order valence-corrected chi connectivity index (χ3v) is 6.16. The van der Waals surface area contributed by atoms with Crippen LogP contribution in [0.4, 0.5) is 0 Å². The summed E-state index contributed by atoms with van der Waals surface area (Å²) >= 11 is 0. The van der Waals surface area contributed by atoms with E-state index in [9.17, 15) is 9.59 Å². The number of nitrogens with one attached hydrogen (secondary N) is 1. The standard InChI is InChI=1S/C22H29N5O2/c1-3-23-20(28)14-25-11-17-12-27(21(29)15-26-10-6-9-24-26)22(19(17)13-25)18-8-5-4-7-16(18)2/h4-10,17,19,22H,3,11-15H2,1-2H3,(H,23,28)/t17-,19-,22-/m0/s1. The Morgan fingerprint density at radius 1 is 1.14 bits per heavy atom. The van der Waals surface area contributed by atoms with Gasteiger partial charge in [0.25, 0.3) is 0 Å². The molecule has 1 aromatic heterocycles. The van der Waals surface area contributed by atoms with Crippen LogP contribution in [0.3, 0.4) is 0 Å². The summed E-state index contributed by atoms with van der Waals surface area (Å²) < 4.78 is 1.69. The zero-order chi connectivity index (χ0) is 20.4. The molecule has 2 saturated heterocycles. The van der Waals surface area contributed by atoms with E-state index in [-0.39, 0.29) is 24.4 Å². The lowest BCUT2D eigenvalue weighted by Gasteiger charge is -2.31. The number of carbonyl (C=O) groups is 2. The second-order valence-corrected chi connectivity index (χ2v) is 8.12. The van der Waals surface area contributed by atoms with Crippen LogP contribution in [0.15, 0.2) is 42.7 Å². The number of amides is 2. The topological polar surface area (TPSA) is 70.5 Å². The van der Waals surface area contributed by atoms with Crippen molar-refractivity contribution in [2.24, 2.45) is 11.8 Å². The minimum Gasteiger partial charge on any atom is -0.355 e. The van der Waals surface area contributed by atoms with Crippen LogP contribution in [0, 0.1) is 18.8 Å². The average molecular weight is 396 g/mol. The summed E-state index contributed by atoms with van der Waals surface area (Å²) in [5.41, 5.74) is 2.42. The Kier molecular flexibility index (Phi) is 5.67. The van der Waals surface area contributed by atoms with Gasteiger partial charge in [0.05, 0.1) is 12.6 Å². The second kappa shape index (κ2) is 8.37. The Balaban J connectivity index is 1.55. The van der Waals surface area contributed by atoms with Crippen LogP contribution >= 0.6 is 0 Å². The second-order valence-electron chi connectivity index (χ2n) is 8.12. The smallest absolute Gasteiger partial charge is 0.244 e. The largest absolute Gasteiger partial charge is 0.355 e. The third-order valence-electron chi connectivity index (χ3n) is 6.16. The van der Waals surface area contributed by atoms with Gasteiger partial charge in [-0.15, -0.1) is 0 Å². The van der Waals surface area contributed by atoms with Gasteiger partial charge in [-0.2, -0.15) is 5.10 Å². The molecule has 2 amide bonds. The first kappa shape index (κ1) is 19.6. The van der Waals surface area contributed by atoms with Gasteiger partial charge in [-0.05, 0) is 37.0 Å². The highest BCUT2D eigenvalue weighted by Crippen LogP contribution is 2.45. The zero-order valence-corrected chi connectivity index (χ0v) is 17.1. The summed E-state index contributed by atoms with van der Waals surface area (Å²) in [7, 11) is 0. The molecule has 3 heterocycles. The van der Waals surface area contributed by atoms with Crippen LogP contribution < -0.4 is 5.32 Å². The molecule has 7 heteroatoms. The number of hydrogen-bond acceptors (Lipinski definition) is 4. The molecule has 7 nitrogen and oxygen atoms in total. The zero-order valence-electron chi connectivity index (χ0n) is 17.1. The molecule has 1 aromatic carbocycles. The summed E-state index contributed by atoms with van der Waals surface area (Å²) in [6.45, 7) is 7.83. The third kappa shape index (κ3) is 4.05. The average Bonchev–Trinajstić information content (AvgIpc) is 3.39. The van der Waals surface area contributed by atoms with Crippen molar-refractivity contribution in [3.05, 3.63) is 53.9 Å². The summed E-state index contributed by atoms with van der Waals surface area (Å²) in [6, 6.07) is 10.2. The van der Waals surface area contributed by atoms with Gasteiger partial charge < -0.3 is 10.2 Å². The molecule has 0 spiro atoms.